The van der Waals surface area contributed by atoms with E-state index in [0.29, 0.717) is 6.04 Å². The molecular weight excluding hydrogens is 304 g/mol. The molecule has 0 radical (unpaired) electrons. The van der Waals surface area contributed by atoms with Gasteiger partial charge < -0.3 is 9.88 Å². The summed E-state index contributed by atoms with van der Waals surface area (Å²) in [6.45, 7) is 4.94. The first-order valence-corrected chi connectivity index (χ1v) is 8.88. The molecule has 0 aliphatic heterocycles. The molecule has 23 heavy (non-hydrogen) atoms. The number of fused-ring (bicyclic) bond motifs is 1. The van der Waals surface area contributed by atoms with Crippen LogP contribution in [-0.2, 0) is 6.54 Å². The van der Waals surface area contributed by atoms with Gasteiger partial charge >= 0.3 is 0 Å². The van der Waals surface area contributed by atoms with Gasteiger partial charge in [0.05, 0.1) is 10.2 Å². The van der Waals surface area contributed by atoms with E-state index >= 15 is 0 Å². The minimum atomic E-state index is 0.0562. The van der Waals surface area contributed by atoms with Crippen molar-refractivity contribution >= 4 is 27.5 Å². The fourth-order valence-electron chi connectivity index (χ4n) is 2.89. The fraction of sp³-hybridized carbons (Fsp3) is 0.316. The van der Waals surface area contributed by atoms with Crippen molar-refractivity contribution in [2.75, 3.05) is 0 Å². The molecule has 1 aliphatic rings. The molecule has 0 bridgehead atoms. The number of aromatic nitrogens is 1. The normalized spacial score (nSPS) is 14.3. The van der Waals surface area contributed by atoms with E-state index in [1.165, 1.54) is 20.7 Å². The van der Waals surface area contributed by atoms with Gasteiger partial charge in [-0.25, -0.2) is 0 Å². The third kappa shape index (κ3) is 2.91. The molecule has 4 heteroatoms. The van der Waals surface area contributed by atoms with Gasteiger partial charge in [-0.05, 0) is 44.4 Å². The molecule has 3 nitrogen and oxygen atoms in total. The van der Waals surface area contributed by atoms with Crippen LogP contribution in [0.15, 0.2) is 36.4 Å². The lowest BCUT2D eigenvalue weighted by Crippen LogP contribution is -2.27. The molecule has 2 aromatic heterocycles. The number of thiophene rings is 1. The highest BCUT2D eigenvalue weighted by atomic mass is 32.1. The standard InChI is InChI=1S/C19H20N2OS/c1-12-3-5-14(6-4-12)11-21-16-9-13(2)23-18(16)10-17(21)19(22)20-15-7-8-15/h3-6,9-10,15H,7-8,11H2,1-2H3,(H,20,22). The lowest BCUT2D eigenvalue weighted by molar-refractivity contribution is 0.0942. The first-order valence-electron chi connectivity index (χ1n) is 8.06. The van der Waals surface area contributed by atoms with E-state index in [9.17, 15) is 4.79 Å². The summed E-state index contributed by atoms with van der Waals surface area (Å²) in [5.74, 6) is 0.0562. The highest BCUT2D eigenvalue weighted by molar-refractivity contribution is 7.19. The zero-order chi connectivity index (χ0) is 16.0. The average Bonchev–Trinajstić information content (AvgIpc) is 3.16. The Hall–Kier alpha value is -2.07. The van der Waals surface area contributed by atoms with E-state index in [1.807, 2.05) is 6.07 Å². The number of nitrogens with one attached hydrogen (secondary N) is 1. The summed E-state index contributed by atoms with van der Waals surface area (Å²) in [7, 11) is 0. The third-order valence-electron chi connectivity index (χ3n) is 4.32. The van der Waals surface area contributed by atoms with Gasteiger partial charge in [-0.1, -0.05) is 29.8 Å². The van der Waals surface area contributed by atoms with E-state index in [0.717, 1.165) is 30.6 Å². The minimum absolute atomic E-state index is 0.0562. The highest BCUT2D eigenvalue weighted by Gasteiger charge is 2.26. The van der Waals surface area contributed by atoms with Crippen molar-refractivity contribution in [1.29, 1.82) is 0 Å². The van der Waals surface area contributed by atoms with Crippen molar-refractivity contribution in [3.63, 3.8) is 0 Å². The molecule has 1 aromatic carbocycles. The van der Waals surface area contributed by atoms with Gasteiger partial charge in [0.2, 0.25) is 0 Å². The largest absolute Gasteiger partial charge is 0.348 e. The SMILES string of the molecule is Cc1ccc(Cn2c(C(=O)NC3CC3)cc3sc(C)cc32)cc1. The monoisotopic (exact) mass is 324 g/mol. The molecule has 3 aromatic rings. The molecule has 4 rings (SSSR count). The fourth-order valence-corrected chi connectivity index (χ4v) is 3.85. The number of amides is 1. The molecule has 1 aliphatic carbocycles. The number of carbonyl (C=O) groups excluding carboxylic acids is 1. The summed E-state index contributed by atoms with van der Waals surface area (Å²) < 4.78 is 3.34. The number of aryl methyl sites for hydroxylation is 2. The maximum Gasteiger partial charge on any atom is 0.268 e. The first-order chi connectivity index (χ1) is 11.1. The van der Waals surface area contributed by atoms with Gasteiger partial charge in [0.15, 0.2) is 0 Å². The average molecular weight is 324 g/mol. The second-order valence-corrected chi connectivity index (χ2v) is 7.74. The van der Waals surface area contributed by atoms with Crippen molar-refractivity contribution in [1.82, 2.24) is 9.88 Å². The Bertz CT molecular complexity index is 869. The number of carbonyl (C=O) groups is 1. The second kappa shape index (κ2) is 5.53. The van der Waals surface area contributed by atoms with Crippen LogP contribution in [0, 0.1) is 13.8 Å². The van der Waals surface area contributed by atoms with Gasteiger partial charge in [0.25, 0.3) is 5.91 Å². The molecule has 1 saturated carbocycles. The predicted molar refractivity (Wildman–Crippen MR) is 95.3 cm³/mol. The number of hydrogen-bond acceptors (Lipinski definition) is 2. The Kier molecular flexibility index (Phi) is 3.49. The minimum Gasteiger partial charge on any atom is -0.348 e. The summed E-state index contributed by atoms with van der Waals surface area (Å²) in [5, 5.41) is 3.12. The van der Waals surface area contributed by atoms with Gasteiger partial charge in [-0.3, -0.25) is 4.79 Å². The highest BCUT2D eigenvalue weighted by Crippen LogP contribution is 2.30. The van der Waals surface area contributed by atoms with Crippen LogP contribution < -0.4 is 5.32 Å². The Balaban J connectivity index is 1.74. The maximum atomic E-state index is 12.6. The molecule has 0 spiro atoms. The third-order valence-corrected chi connectivity index (χ3v) is 5.31. The molecule has 118 valence electrons. The van der Waals surface area contributed by atoms with E-state index in [2.05, 4.69) is 54.1 Å². The van der Waals surface area contributed by atoms with Crippen LogP contribution >= 0.6 is 11.3 Å². The lowest BCUT2D eigenvalue weighted by Gasteiger charge is -2.11. The second-order valence-electron chi connectivity index (χ2n) is 6.46. The lowest BCUT2D eigenvalue weighted by atomic mass is 10.1. The number of hydrogen-bond donors (Lipinski definition) is 1. The van der Waals surface area contributed by atoms with E-state index in [-0.39, 0.29) is 5.91 Å². The zero-order valence-electron chi connectivity index (χ0n) is 13.4. The van der Waals surface area contributed by atoms with Crippen molar-refractivity contribution < 1.29 is 4.79 Å². The Labute approximate surface area is 139 Å². The van der Waals surface area contributed by atoms with Crippen LogP contribution in [0.25, 0.3) is 10.2 Å². The van der Waals surface area contributed by atoms with E-state index < -0.39 is 0 Å². The molecule has 1 amide bonds. The molecule has 0 saturated heterocycles. The smallest absolute Gasteiger partial charge is 0.268 e. The van der Waals surface area contributed by atoms with Crippen LogP contribution in [0.5, 0.6) is 0 Å². The molecule has 0 atom stereocenters. The molecule has 1 fully saturated rings. The summed E-state index contributed by atoms with van der Waals surface area (Å²) in [4.78, 5) is 13.9. The quantitative estimate of drug-likeness (QED) is 0.764. The van der Waals surface area contributed by atoms with Gasteiger partial charge in [-0.15, -0.1) is 11.3 Å². The van der Waals surface area contributed by atoms with Crippen molar-refractivity contribution in [2.24, 2.45) is 0 Å². The zero-order valence-corrected chi connectivity index (χ0v) is 14.2. The van der Waals surface area contributed by atoms with Gasteiger partial charge in [-0.2, -0.15) is 0 Å². The Morgan fingerprint density at radius 3 is 2.65 bits per heavy atom. The number of benzene rings is 1. The van der Waals surface area contributed by atoms with Crippen LogP contribution in [0.2, 0.25) is 0 Å². The molecule has 2 heterocycles. The molecular formula is C19H20N2OS. The van der Waals surface area contributed by atoms with E-state index in [4.69, 9.17) is 0 Å². The summed E-state index contributed by atoms with van der Waals surface area (Å²) in [5.41, 5.74) is 4.41. The molecule has 0 unspecified atom stereocenters. The van der Waals surface area contributed by atoms with Crippen LogP contribution in [0.1, 0.15) is 39.3 Å². The van der Waals surface area contributed by atoms with Crippen LogP contribution in [0.3, 0.4) is 0 Å². The summed E-state index contributed by atoms with van der Waals surface area (Å²) in [6.07, 6.45) is 2.22. The van der Waals surface area contributed by atoms with Crippen molar-refractivity contribution in [3.8, 4) is 0 Å². The molecule has 1 N–H and O–H groups in total. The predicted octanol–water partition coefficient (Wildman–Crippen LogP) is 4.26. The Morgan fingerprint density at radius 1 is 1.22 bits per heavy atom. The first kappa shape index (κ1) is 14.5. The Morgan fingerprint density at radius 2 is 1.96 bits per heavy atom. The van der Waals surface area contributed by atoms with Gasteiger partial charge in [0, 0.05) is 17.5 Å². The van der Waals surface area contributed by atoms with Gasteiger partial charge in [0.1, 0.15) is 5.69 Å². The topological polar surface area (TPSA) is 34.0 Å². The van der Waals surface area contributed by atoms with Crippen molar-refractivity contribution in [2.45, 2.75) is 39.3 Å². The number of nitrogens with zero attached hydrogens (tertiary/aromatic N) is 1. The van der Waals surface area contributed by atoms with Crippen LogP contribution in [-0.4, -0.2) is 16.5 Å². The maximum absolute atomic E-state index is 12.6. The van der Waals surface area contributed by atoms with Crippen molar-refractivity contribution in [3.05, 3.63) is 58.1 Å². The summed E-state index contributed by atoms with van der Waals surface area (Å²) >= 11 is 1.75. The summed E-state index contributed by atoms with van der Waals surface area (Å²) in [6, 6.07) is 13.1. The number of rotatable bonds is 4. The van der Waals surface area contributed by atoms with Crippen LogP contribution in [0.4, 0.5) is 0 Å². The van der Waals surface area contributed by atoms with E-state index in [1.54, 1.807) is 11.3 Å².